The Kier molecular flexibility index (Phi) is 7.96. The first-order valence-electron chi connectivity index (χ1n) is 7.02. The highest BCUT2D eigenvalue weighted by molar-refractivity contribution is 5.78. The standard InChI is InChI=1S/C13H27N3O2/c1-3-14-11-12(2)13(17)15-5-4-6-16-7-9-18-10-8-16/h12,14H,3-11H2,1-2H3,(H,15,17). The fourth-order valence-corrected chi connectivity index (χ4v) is 1.97. The van der Waals surface area contributed by atoms with Gasteiger partial charge in [-0.3, -0.25) is 9.69 Å². The predicted octanol–water partition coefficient (Wildman–Crippen LogP) is 0.0705. The summed E-state index contributed by atoms with van der Waals surface area (Å²) in [5.74, 6) is 0.200. The van der Waals surface area contributed by atoms with Gasteiger partial charge in [0.15, 0.2) is 0 Å². The maximum absolute atomic E-state index is 11.7. The lowest BCUT2D eigenvalue weighted by Gasteiger charge is -2.26. The normalized spacial score (nSPS) is 18.6. The maximum Gasteiger partial charge on any atom is 0.224 e. The van der Waals surface area contributed by atoms with Crippen molar-refractivity contribution in [3.8, 4) is 0 Å². The van der Waals surface area contributed by atoms with Crippen molar-refractivity contribution in [2.75, 3.05) is 52.5 Å². The minimum atomic E-state index is 0.0494. The molecule has 18 heavy (non-hydrogen) atoms. The van der Waals surface area contributed by atoms with Crippen LogP contribution in [0.2, 0.25) is 0 Å². The number of hydrogen-bond acceptors (Lipinski definition) is 4. The van der Waals surface area contributed by atoms with Crippen LogP contribution in [-0.4, -0.2) is 63.3 Å². The molecule has 1 fully saturated rings. The van der Waals surface area contributed by atoms with Gasteiger partial charge in [0, 0.05) is 32.1 Å². The van der Waals surface area contributed by atoms with Crippen LogP contribution >= 0.6 is 0 Å². The van der Waals surface area contributed by atoms with Gasteiger partial charge in [-0.15, -0.1) is 0 Å². The third kappa shape index (κ3) is 6.33. The van der Waals surface area contributed by atoms with E-state index in [1.807, 2.05) is 13.8 Å². The van der Waals surface area contributed by atoms with Gasteiger partial charge in [-0.05, 0) is 19.5 Å². The molecule has 0 aromatic rings. The molecule has 1 atom stereocenters. The third-order valence-corrected chi connectivity index (χ3v) is 3.20. The second kappa shape index (κ2) is 9.30. The highest BCUT2D eigenvalue weighted by atomic mass is 16.5. The third-order valence-electron chi connectivity index (χ3n) is 3.20. The van der Waals surface area contributed by atoms with Gasteiger partial charge in [0.25, 0.3) is 0 Å². The Morgan fingerprint density at radius 1 is 1.39 bits per heavy atom. The second-order valence-corrected chi connectivity index (χ2v) is 4.81. The molecule has 5 heteroatoms. The Hall–Kier alpha value is -0.650. The molecule has 0 saturated carbocycles. The summed E-state index contributed by atoms with van der Waals surface area (Å²) < 4.78 is 5.29. The zero-order valence-corrected chi connectivity index (χ0v) is 11.7. The van der Waals surface area contributed by atoms with Crippen LogP contribution in [0.5, 0.6) is 0 Å². The molecule has 0 spiro atoms. The van der Waals surface area contributed by atoms with E-state index in [4.69, 9.17) is 4.74 Å². The van der Waals surface area contributed by atoms with E-state index in [0.717, 1.165) is 58.9 Å². The van der Waals surface area contributed by atoms with Gasteiger partial charge in [0.05, 0.1) is 13.2 Å². The summed E-state index contributed by atoms with van der Waals surface area (Å²) >= 11 is 0. The summed E-state index contributed by atoms with van der Waals surface area (Å²) in [4.78, 5) is 14.1. The molecule has 1 unspecified atom stereocenters. The Labute approximate surface area is 110 Å². The molecule has 1 aliphatic rings. The van der Waals surface area contributed by atoms with Crippen LogP contribution in [-0.2, 0) is 9.53 Å². The highest BCUT2D eigenvalue weighted by Crippen LogP contribution is 1.98. The molecule has 5 nitrogen and oxygen atoms in total. The average Bonchev–Trinajstić information content (AvgIpc) is 2.41. The van der Waals surface area contributed by atoms with Gasteiger partial charge in [-0.2, -0.15) is 0 Å². The van der Waals surface area contributed by atoms with Crippen LogP contribution < -0.4 is 10.6 Å². The fraction of sp³-hybridized carbons (Fsp3) is 0.923. The Bertz CT molecular complexity index is 230. The van der Waals surface area contributed by atoms with Crippen molar-refractivity contribution in [1.29, 1.82) is 0 Å². The summed E-state index contributed by atoms with van der Waals surface area (Å²) in [5.41, 5.74) is 0. The van der Waals surface area contributed by atoms with Gasteiger partial charge < -0.3 is 15.4 Å². The van der Waals surface area contributed by atoms with E-state index in [1.165, 1.54) is 0 Å². The molecule has 106 valence electrons. The van der Waals surface area contributed by atoms with Crippen LogP contribution in [0.15, 0.2) is 0 Å². The van der Waals surface area contributed by atoms with Gasteiger partial charge in [0.1, 0.15) is 0 Å². The highest BCUT2D eigenvalue weighted by Gasteiger charge is 2.12. The van der Waals surface area contributed by atoms with Gasteiger partial charge in [-0.1, -0.05) is 13.8 Å². The van der Waals surface area contributed by atoms with E-state index < -0.39 is 0 Å². The van der Waals surface area contributed by atoms with Crippen LogP contribution in [0.1, 0.15) is 20.3 Å². The van der Waals surface area contributed by atoms with Crippen LogP contribution in [0.25, 0.3) is 0 Å². The molecule has 1 rings (SSSR count). The minimum Gasteiger partial charge on any atom is -0.379 e. The summed E-state index contributed by atoms with van der Waals surface area (Å²) in [5, 5.41) is 6.18. The number of ether oxygens (including phenoxy) is 1. The largest absolute Gasteiger partial charge is 0.379 e. The van der Waals surface area contributed by atoms with E-state index >= 15 is 0 Å². The first kappa shape index (κ1) is 15.4. The number of hydrogen-bond donors (Lipinski definition) is 2. The number of amides is 1. The van der Waals surface area contributed by atoms with Crippen molar-refractivity contribution in [2.24, 2.45) is 5.92 Å². The molecule has 1 heterocycles. The van der Waals surface area contributed by atoms with Crippen LogP contribution in [0.4, 0.5) is 0 Å². The molecule has 1 amide bonds. The van der Waals surface area contributed by atoms with E-state index in [9.17, 15) is 4.79 Å². The molecular formula is C13H27N3O2. The summed E-state index contributed by atoms with van der Waals surface area (Å²) in [7, 11) is 0. The second-order valence-electron chi connectivity index (χ2n) is 4.81. The fourth-order valence-electron chi connectivity index (χ4n) is 1.97. The Morgan fingerprint density at radius 3 is 2.78 bits per heavy atom. The monoisotopic (exact) mass is 257 g/mol. The van der Waals surface area contributed by atoms with E-state index in [-0.39, 0.29) is 11.8 Å². The molecule has 0 aromatic heterocycles. The van der Waals surface area contributed by atoms with Crippen molar-refractivity contribution in [1.82, 2.24) is 15.5 Å². The smallest absolute Gasteiger partial charge is 0.224 e. The molecular weight excluding hydrogens is 230 g/mol. The molecule has 1 saturated heterocycles. The van der Waals surface area contributed by atoms with E-state index in [2.05, 4.69) is 15.5 Å². The lowest BCUT2D eigenvalue weighted by molar-refractivity contribution is -0.124. The van der Waals surface area contributed by atoms with Gasteiger partial charge in [-0.25, -0.2) is 0 Å². The van der Waals surface area contributed by atoms with Gasteiger partial charge in [0.2, 0.25) is 5.91 Å². The number of carbonyl (C=O) groups is 1. The average molecular weight is 257 g/mol. The minimum absolute atomic E-state index is 0.0494. The number of rotatable bonds is 8. The van der Waals surface area contributed by atoms with Crippen molar-refractivity contribution in [3.05, 3.63) is 0 Å². The lowest BCUT2D eigenvalue weighted by atomic mass is 10.1. The zero-order valence-electron chi connectivity index (χ0n) is 11.7. The molecule has 0 aromatic carbocycles. The first-order chi connectivity index (χ1) is 8.74. The SMILES string of the molecule is CCNCC(C)C(=O)NCCCN1CCOCC1. The Balaban J connectivity index is 2.00. The van der Waals surface area contributed by atoms with Gasteiger partial charge >= 0.3 is 0 Å². The molecule has 2 N–H and O–H groups in total. The number of morpholine rings is 1. The van der Waals surface area contributed by atoms with Crippen molar-refractivity contribution < 1.29 is 9.53 Å². The number of nitrogens with one attached hydrogen (secondary N) is 2. The lowest BCUT2D eigenvalue weighted by Crippen LogP contribution is -2.39. The topological polar surface area (TPSA) is 53.6 Å². The number of carbonyl (C=O) groups excluding carboxylic acids is 1. The quantitative estimate of drug-likeness (QED) is 0.604. The van der Waals surface area contributed by atoms with Crippen molar-refractivity contribution >= 4 is 5.91 Å². The van der Waals surface area contributed by atoms with E-state index in [1.54, 1.807) is 0 Å². The summed E-state index contributed by atoms with van der Waals surface area (Å²) in [6.45, 7) is 11.2. The van der Waals surface area contributed by atoms with Crippen molar-refractivity contribution in [2.45, 2.75) is 20.3 Å². The Morgan fingerprint density at radius 2 is 2.11 bits per heavy atom. The molecule has 0 aliphatic carbocycles. The summed E-state index contributed by atoms with van der Waals surface area (Å²) in [6, 6.07) is 0. The molecule has 1 aliphatic heterocycles. The first-order valence-corrected chi connectivity index (χ1v) is 7.02. The van der Waals surface area contributed by atoms with Crippen molar-refractivity contribution in [3.63, 3.8) is 0 Å². The predicted molar refractivity (Wildman–Crippen MR) is 72.6 cm³/mol. The summed E-state index contributed by atoms with van der Waals surface area (Å²) in [6.07, 6.45) is 1.01. The number of nitrogens with zero attached hydrogens (tertiary/aromatic N) is 1. The van der Waals surface area contributed by atoms with Crippen LogP contribution in [0, 0.1) is 5.92 Å². The van der Waals surface area contributed by atoms with Crippen LogP contribution in [0.3, 0.4) is 0 Å². The zero-order chi connectivity index (χ0) is 13.2. The molecule has 0 radical (unpaired) electrons. The maximum atomic E-state index is 11.7. The van der Waals surface area contributed by atoms with E-state index in [0.29, 0.717) is 0 Å². The molecule has 0 bridgehead atoms.